The van der Waals surface area contributed by atoms with Crippen LogP contribution in [-0.4, -0.2) is 40.3 Å². The topological polar surface area (TPSA) is 65.4 Å². The van der Waals surface area contributed by atoms with Crippen molar-refractivity contribution >= 4 is 23.5 Å². The minimum Gasteiger partial charge on any atom is -0.494 e. The van der Waals surface area contributed by atoms with Crippen LogP contribution < -0.4 is 10.1 Å². The number of anilines is 1. The van der Waals surface area contributed by atoms with E-state index in [4.69, 9.17) is 14.6 Å². The highest BCUT2D eigenvalue weighted by Crippen LogP contribution is 2.45. The van der Waals surface area contributed by atoms with Gasteiger partial charge in [0.05, 0.1) is 34.9 Å². The molecule has 0 aliphatic carbocycles. The summed E-state index contributed by atoms with van der Waals surface area (Å²) in [7, 11) is 0. The normalized spacial score (nSPS) is 23.8. The highest BCUT2D eigenvalue weighted by Gasteiger charge is 2.36. The van der Waals surface area contributed by atoms with Gasteiger partial charge in [0.1, 0.15) is 11.6 Å². The fraction of sp³-hybridized carbons (Fsp3) is 0.545. The molecule has 1 N–H and O–H groups in total. The Balaban J connectivity index is 1.73. The van der Waals surface area contributed by atoms with E-state index >= 15 is 0 Å². The number of hydrogen-bond donors (Lipinski definition) is 1. The van der Waals surface area contributed by atoms with Crippen LogP contribution in [0.3, 0.4) is 0 Å². The van der Waals surface area contributed by atoms with Crippen molar-refractivity contribution in [3.05, 3.63) is 41.1 Å². The predicted molar refractivity (Wildman–Crippen MR) is 116 cm³/mol. The van der Waals surface area contributed by atoms with Crippen molar-refractivity contribution in [2.45, 2.75) is 57.4 Å². The molecule has 2 aliphatic heterocycles. The highest BCUT2D eigenvalue weighted by molar-refractivity contribution is 8.00. The number of thioether (sulfide) groups is 1. The fourth-order valence-corrected chi connectivity index (χ4v) is 5.44. The molecule has 1 aromatic carbocycles. The van der Waals surface area contributed by atoms with Crippen molar-refractivity contribution in [3.63, 3.8) is 0 Å². The molecule has 1 saturated heterocycles. The van der Waals surface area contributed by atoms with E-state index in [9.17, 15) is 4.79 Å². The quantitative estimate of drug-likeness (QED) is 0.797. The van der Waals surface area contributed by atoms with Gasteiger partial charge in [-0.25, -0.2) is 4.68 Å². The summed E-state index contributed by atoms with van der Waals surface area (Å²) in [6, 6.07) is 8.40. The lowest BCUT2D eigenvalue weighted by Crippen LogP contribution is -2.36. The number of ether oxygens (including phenoxy) is 2. The Bertz CT molecular complexity index is 891. The molecule has 0 radical (unpaired) electrons. The summed E-state index contributed by atoms with van der Waals surface area (Å²) in [5.41, 5.74) is 3.05. The SMILES string of the molecule is CCOc1ccc([C@H]2SCC(=O)Nc3c2c(C)nn3[C@@H]2CCOC(C)(C)C2)cc1. The predicted octanol–water partition coefficient (Wildman–Crippen LogP) is 4.50. The number of fused-ring (bicyclic) bond motifs is 1. The first-order chi connectivity index (χ1) is 13.9. The van der Waals surface area contributed by atoms with Gasteiger partial charge in [0, 0.05) is 12.2 Å². The van der Waals surface area contributed by atoms with Crippen LogP contribution in [0.1, 0.15) is 61.7 Å². The van der Waals surface area contributed by atoms with E-state index in [1.165, 1.54) is 0 Å². The Morgan fingerprint density at radius 3 is 2.79 bits per heavy atom. The second-order valence-electron chi connectivity index (χ2n) is 8.29. The number of carbonyl (C=O) groups is 1. The molecule has 0 spiro atoms. The van der Waals surface area contributed by atoms with E-state index in [0.717, 1.165) is 41.2 Å². The molecule has 2 aliphatic rings. The number of nitrogens with one attached hydrogen (secondary N) is 1. The van der Waals surface area contributed by atoms with Gasteiger partial charge in [-0.15, -0.1) is 11.8 Å². The second kappa shape index (κ2) is 8.03. The number of amides is 1. The molecular formula is C22H29N3O3S. The van der Waals surface area contributed by atoms with Crippen molar-refractivity contribution < 1.29 is 14.3 Å². The zero-order chi connectivity index (χ0) is 20.6. The number of benzene rings is 1. The van der Waals surface area contributed by atoms with E-state index in [1.54, 1.807) is 11.8 Å². The highest BCUT2D eigenvalue weighted by atomic mass is 32.2. The summed E-state index contributed by atoms with van der Waals surface area (Å²) in [6.07, 6.45) is 1.77. The molecule has 0 unspecified atom stereocenters. The molecule has 1 amide bonds. The van der Waals surface area contributed by atoms with Crippen molar-refractivity contribution in [1.82, 2.24) is 9.78 Å². The lowest BCUT2D eigenvalue weighted by molar-refractivity contribution is -0.113. The number of aromatic nitrogens is 2. The molecule has 0 bridgehead atoms. The van der Waals surface area contributed by atoms with E-state index in [1.807, 2.05) is 30.7 Å². The molecule has 4 rings (SSSR count). The molecule has 1 aromatic heterocycles. The van der Waals surface area contributed by atoms with Crippen molar-refractivity contribution in [2.24, 2.45) is 0 Å². The third kappa shape index (κ3) is 4.16. The van der Waals surface area contributed by atoms with Crippen molar-refractivity contribution in [2.75, 3.05) is 24.3 Å². The van der Waals surface area contributed by atoms with E-state index in [0.29, 0.717) is 19.0 Å². The summed E-state index contributed by atoms with van der Waals surface area (Å²) in [5, 5.41) is 8.09. The Labute approximate surface area is 176 Å². The summed E-state index contributed by atoms with van der Waals surface area (Å²) in [6.45, 7) is 9.61. The minimum absolute atomic E-state index is 0.0251. The third-order valence-electron chi connectivity index (χ3n) is 5.54. The van der Waals surface area contributed by atoms with Crippen LogP contribution in [0.4, 0.5) is 5.82 Å². The Kier molecular flexibility index (Phi) is 5.62. The van der Waals surface area contributed by atoms with Crippen LogP contribution >= 0.6 is 11.8 Å². The minimum atomic E-state index is -0.187. The first-order valence-corrected chi connectivity index (χ1v) is 11.3. The number of aryl methyl sites for hydroxylation is 1. The molecule has 0 saturated carbocycles. The smallest absolute Gasteiger partial charge is 0.235 e. The van der Waals surface area contributed by atoms with Gasteiger partial charge in [0.25, 0.3) is 0 Å². The monoisotopic (exact) mass is 415 g/mol. The van der Waals surface area contributed by atoms with Gasteiger partial charge in [-0.1, -0.05) is 12.1 Å². The summed E-state index contributed by atoms with van der Waals surface area (Å²) in [4.78, 5) is 12.5. The maximum absolute atomic E-state index is 12.5. The standard InChI is InChI=1S/C22H29N3O3S/c1-5-27-17-8-6-15(7-9-17)20-19-14(2)24-25(21(19)23-18(26)13-29-20)16-10-11-28-22(3,4)12-16/h6-9,16,20H,5,10-13H2,1-4H3,(H,23,26)/t16-,20-/m1/s1. The Hall–Kier alpha value is -1.99. The van der Waals surface area contributed by atoms with Crippen LogP contribution in [0, 0.1) is 6.92 Å². The van der Waals surface area contributed by atoms with Gasteiger partial charge in [0.2, 0.25) is 5.91 Å². The molecule has 7 heteroatoms. The van der Waals surface area contributed by atoms with Crippen LogP contribution in [0.25, 0.3) is 0 Å². The van der Waals surface area contributed by atoms with Gasteiger partial charge >= 0.3 is 0 Å². The molecular weight excluding hydrogens is 386 g/mol. The second-order valence-corrected chi connectivity index (χ2v) is 9.38. The average Bonchev–Trinajstić information content (AvgIpc) is 2.88. The maximum atomic E-state index is 12.5. The summed E-state index contributed by atoms with van der Waals surface area (Å²) >= 11 is 1.65. The molecule has 156 valence electrons. The summed E-state index contributed by atoms with van der Waals surface area (Å²) < 4.78 is 13.5. The lowest BCUT2D eigenvalue weighted by Gasteiger charge is -2.36. The average molecular weight is 416 g/mol. The largest absolute Gasteiger partial charge is 0.494 e. The van der Waals surface area contributed by atoms with Crippen LogP contribution in [0.5, 0.6) is 5.75 Å². The van der Waals surface area contributed by atoms with Gasteiger partial charge in [-0.05, 0) is 58.2 Å². The fourth-order valence-electron chi connectivity index (χ4n) is 4.25. The Morgan fingerprint density at radius 1 is 1.34 bits per heavy atom. The third-order valence-corrected chi connectivity index (χ3v) is 6.81. The Morgan fingerprint density at radius 2 is 2.10 bits per heavy atom. The number of rotatable bonds is 4. The molecule has 3 heterocycles. The van der Waals surface area contributed by atoms with Gasteiger partial charge < -0.3 is 14.8 Å². The van der Waals surface area contributed by atoms with E-state index < -0.39 is 0 Å². The first kappa shape index (κ1) is 20.3. The number of carbonyl (C=O) groups excluding carboxylic acids is 1. The summed E-state index contributed by atoms with van der Waals surface area (Å²) in [5.74, 6) is 2.16. The van der Waals surface area contributed by atoms with Crippen LogP contribution in [0.2, 0.25) is 0 Å². The van der Waals surface area contributed by atoms with Gasteiger partial charge in [0.15, 0.2) is 0 Å². The molecule has 6 nitrogen and oxygen atoms in total. The zero-order valence-electron chi connectivity index (χ0n) is 17.5. The molecule has 1 fully saturated rings. The maximum Gasteiger partial charge on any atom is 0.235 e. The van der Waals surface area contributed by atoms with E-state index in [2.05, 4.69) is 31.3 Å². The van der Waals surface area contributed by atoms with Gasteiger partial charge in [-0.3, -0.25) is 4.79 Å². The molecule has 2 atom stereocenters. The van der Waals surface area contributed by atoms with Crippen LogP contribution in [-0.2, 0) is 9.53 Å². The van der Waals surface area contributed by atoms with Crippen molar-refractivity contribution in [1.29, 1.82) is 0 Å². The first-order valence-electron chi connectivity index (χ1n) is 10.2. The number of nitrogens with zero attached hydrogens (tertiary/aromatic N) is 2. The lowest BCUT2D eigenvalue weighted by atomic mass is 9.94. The van der Waals surface area contributed by atoms with Crippen molar-refractivity contribution in [3.8, 4) is 5.75 Å². The molecule has 29 heavy (non-hydrogen) atoms. The van der Waals surface area contributed by atoms with Gasteiger partial charge in [-0.2, -0.15) is 5.10 Å². The zero-order valence-corrected chi connectivity index (χ0v) is 18.3. The molecule has 2 aromatic rings. The number of hydrogen-bond acceptors (Lipinski definition) is 5. The van der Waals surface area contributed by atoms with E-state index in [-0.39, 0.29) is 22.8 Å². The van der Waals surface area contributed by atoms with Crippen LogP contribution in [0.15, 0.2) is 24.3 Å².